The van der Waals surface area contributed by atoms with Crippen molar-refractivity contribution in [3.05, 3.63) is 0 Å². The van der Waals surface area contributed by atoms with Crippen LogP contribution >= 0.6 is 0 Å². The minimum atomic E-state index is 0.358. The number of aliphatic hydroxyl groups is 1. The van der Waals surface area contributed by atoms with Crippen molar-refractivity contribution in [1.82, 2.24) is 4.90 Å². The number of likely N-dealkylation sites (tertiary alicyclic amines) is 1. The van der Waals surface area contributed by atoms with Crippen LogP contribution in [-0.2, 0) is 0 Å². The van der Waals surface area contributed by atoms with Crippen LogP contribution in [0.5, 0.6) is 0 Å². The van der Waals surface area contributed by atoms with E-state index in [1.807, 2.05) is 0 Å². The van der Waals surface area contributed by atoms with Gasteiger partial charge in [0.25, 0.3) is 0 Å². The first-order valence-electron chi connectivity index (χ1n) is 6.47. The highest BCUT2D eigenvalue weighted by atomic mass is 16.2. The molecule has 0 bridgehead atoms. The van der Waals surface area contributed by atoms with Gasteiger partial charge in [-0.1, -0.05) is 26.7 Å². The second-order valence-electron chi connectivity index (χ2n) is 5.68. The van der Waals surface area contributed by atoms with Gasteiger partial charge in [-0.05, 0) is 44.2 Å². The van der Waals surface area contributed by atoms with Gasteiger partial charge in [-0.3, -0.25) is 0 Å². The van der Waals surface area contributed by atoms with Crippen LogP contribution in [0.2, 0.25) is 0 Å². The summed E-state index contributed by atoms with van der Waals surface area (Å²) >= 11 is 0. The highest BCUT2D eigenvalue weighted by Gasteiger charge is 2.25. The molecule has 1 aliphatic heterocycles. The van der Waals surface area contributed by atoms with Gasteiger partial charge in [0.05, 0.1) is 0 Å². The van der Waals surface area contributed by atoms with Crippen LogP contribution in [0.1, 0.15) is 52.4 Å². The fraction of sp³-hybridized carbons (Fsp3) is 1.00. The fourth-order valence-corrected chi connectivity index (χ4v) is 2.54. The van der Waals surface area contributed by atoms with Crippen LogP contribution in [0.3, 0.4) is 0 Å². The van der Waals surface area contributed by atoms with E-state index < -0.39 is 0 Å². The standard InChI is InChI=1S/C13H27NO/c1-13(2)8-7-10-14(12-13)9-5-3-4-6-11-15/h15H,3-12H2,1-2H3. The van der Waals surface area contributed by atoms with E-state index in [9.17, 15) is 0 Å². The summed E-state index contributed by atoms with van der Waals surface area (Å²) in [5.74, 6) is 0. The van der Waals surface area contributed by atoms with Crippen molar-refractivity contribution < 1.29 is 5.11 Å². The quantitative estimate of drug-likeness (QED) is 0.686. The average molecular weight is 213 g/mol. The molecule has 0 aliphatic carbocycles. The maximum atomic E-state index is 8.67. The van der Waals surface area contributed by atoms with E-state index in [1.165, 1.54) is 51.7 Å². The maximum absolute atomic E-state index is 8.67. The molecule has 1 heterocycles. The molecule has 2 nitrogen and oxygen atoms in total. The fourth-order valence-electron chi connectivity index (χ4n) is 2.54. The van der Waals surface area contributed by atoms with E-state index in [4.69, 9.17) is 5.11 Å². The second-order valence-corrected chi connectivity index (χ2v) is 5.68. The number of rotatable bonds is 6. The SMILES string of the molecule is CC1(C)CCCN(CCCCCCO)C1. The molecule has 0 radical (unpaired) electrons. The number of hydrogen-bond acceptors (Lipinski definition) is 2. The molecular weight excluding hydrogens is 186 g/mol. The molecule has 1 saturated heterocycles. The van der Waals surface area contributed by atoms with E-state index in [2.05, 4.69) is 18.7 Å². The average Bonchev–Trinajstić information content (AvgIpc) is 2.16. The van der Waals surface area contributed by atoms with Crippen molar-refractivity contribution in [2.45, 2.75) is 52.4 Å². The van der Waals surface area contributed by atoms with E-state index in [1.54, 1.807) is 0 Å². The number of aliphatic hydroxyl groups excluding tert-OH is 1. The molecule has 1 fully saturated rings. The van der Waals surface area contributed by atoms with Crippen LogP contribution in [0.25, 0.3) is 0 Å². The van der Waals surface area contributed by atoms with Crippen molar-refractivity contribution in [1.29, 1.82) is 0 Å². The maximum Gasteiger partial charge on any atom is 0.0431 e. The molecule has 0 atom stereocenters. The third kappa shape index (κ3) is 5.53. The summed E-state index contributed by atoms with van der Waals surface area (Å²) in [6.45, 7) is 8.94. The van der Waals surface area contributed by atoms with E-state index in [0.717, 1.165) is 6.42 Å². The molecule has 2 heteroatoms. The molecule has 0 aromatic carbocycles. The van der Waals surface area contributed by atoms with Crippen molar-refractivity contribution in [2.24, 2.45) is 5.41 Å². The molecule has 0 unspecified atom stereocenters. The molecule has 0 spiro atoms. The lowest BCUT2D eigenvalue weighted by atomic mass is 9.84. The van der Waals surface area contributed by atoms with Crippen LogP contribution in [0, 0.1) is 5.41 Å². The van der Waals surface area contributed by atoms with Gasteiger partial charge >= 0.3 is 0 Å². The Morgan fingerprint density at radius 1 is 1.13 bits per heavy atom. The molecule has 0 aromatic heterocycles. The Kier molecular flexibility index (Phi) is 5.62. The molecule has 90 valence electrons. The van der Waals surface area contributed by atoms with Crippen molar-refractivity contribution in [2.75, 3.05) is 26.2 Å². The Hall–Kier alpha value is -0.0800. The molecule has 1 rings (SSSR count). The molecule has 15 heavy (non-hydrogen) atoms. The summed E-state index contributed by atoms with van der Waals surface area (Å²) in [7, 11) is 0. The number of hydrogen-bond donors (Lipinski definition) is 1. The zero-order valence-electron chi connectivity index (χ0n) is 10.5. The summed E-state index contributed by atoms with van der Waals surface area (Å²) in [5, 5.41) is 8.67. The lowest BCUT2D eigenvalue weighted by Crippen LogP contribution is -2.40. The Balaban J connectivity index is 2.05. The lowest BCUT2D eigenvalue weighted by molar-refractivity contribution is 0.116. The molecule has 1 N–H and O–H groups in total. The van der Waals surface area contributed by atoms with Gasteiger partial charge in [-0.25, -0.2) is 0 Å². The van der Waals surface area contributed by atoms with Crippen molar-refractivity contribution in [3.63, 3.8) is 0 Å². The number of piperidine rings is 1. The zero-order valence-corrected chi connectivity index (χ0v) is 10.5. The van der Waals surface area contributed by atoms with E-state index >= 15 is 0 Å². The van der Waals surface area contributed by atoms with Gasteiger partial charge in [0.1, 0.15) is 0 Å². The lowest BCUT2D eigenvalue weighted by Gasteiger charge is -2.38. The zero-order chi connectivity index (χ0) is 11.1. The van der Waals surface area contributed by atoms with Gasteiger partial charge in [-0.2, -0.15) is 0 Å². The normalized spacial score (nSPS) is 21.8. The van der Waals surface area contributed by atoms with Crippen LogP contribution < -0.4 is 0 Å². The topological polar surface area (TPSA) is 23.5 Å². The summed E-state index contributed by atoms with van der Waals surface area (Å²) in [5.41, 5.74) is 0.531. The van der Waals surface area contributed by atoms with Gasteiger partial charge in [-0.15, -0.1) is 0 Å². The first kappa shape index (κ1) is 13.0. The third-order valence-corrected chi connectivity index (χ3v) is 3.36. The van der Waals surface area contributed by atoms with Crippen LogP contribution in [-0.4, -0.2) is 36.2 Å². The molecule has 0 aromatic rings. The highest BCUT2D eigenvalue weighted by molar-refractivity contribution is 4.79. The minimum absolute atomic E-state index is 0.358. The molecular formula is C13H27NO. The highest BCUT2D eigenvalue weighted by Crippen LogP contribution is 2.28. The predicted octanol–water partition coefficient (Wildman–Crippen LogP) is 2.66. The summed E-state index contributed by atoms with van der Waals surface area (Å²) < 4.78 is 0. The predicted molar refractivity (Wildman–Crippen MR) is 65.0 cm³/mol. The Bertz CT molecular complexity index is 168. The van der Waals surface area contributed by atoms with Gasteiger partial charge < -0.3 is 10.0 Å². The summed E-state index contributed by atoms with van der Waals surface area (Å²) in [4.78, 5) is 2.61. The van der Waals surface area contributed by atoms with Gasteiger partial charge in [0.2, 0.25) is 0 Å². The number of unbranched alkanes of at least 4 members (excludes halogenated alkanes) is 3. The Morgan fingerprint density at radius 3 is 2.53 bits per heavy atom. The van der Waals surface area contributed by atoms with E-state index in [0.29, 0.717) is 12.0 Å². The van der Waals surface area contributed by atoms with Crippen molar-refractivity contribution in [3.8, 4) is 0 Å². The number of nitrogens with zero attached hydrogens (tertiary/aromatic N) is 1. The minimum Gasteiger partial charge on any atom is -0.396 e. The monoisotopic (exact) mass is 213 g/mol. The third-order valence-electron chi connectivity index (χ3n) is 3.36. The first-order valence-corrected chi connectivity index (χ1v) is 6.47. The van der Waals surface area contributed by atoms with Crippen LogP contribution in [0.15, 0.2) is 0 Å². The van der Waals surface area contributed by atoms with Crippen molar-refractivity contribution >= 4 is 0 Å². The largest absolute Gasteiger partial charge is 0.396 e. The van der Waals surface area contributed by atoms with Crippen LogP contribution in [0.4, 0.5) is 0 Å². The molecule has 0 amide bonds. The molecule has 1 aliphatic rings. The van der Waals surface area contributed by atoms with Gasteiger partial charge in [0, 0.05) is 13.2 Å². The second kappa shape index (κ2) is 6.49. The first-order chi connectivity index (χ1) is 7.14. The Labute approximate surface area is 94.7 Å². The smallest absolute Gasteiger partial charge is 0.0431 e. The van der Waals surface area contributed by atoms with Gasteiger partial charge in [0.15, 0.2) is 0 Å². The summed E-state index contributed by atoms with van der Waals surface area (Å²) in [6, 6.07) is 0. The Morgan fingerprint density at radius 2 is 1.87 bits per heavy atom. The molecule has 0 saturated carbocycles. The summed E-state index contributed by atoms with van der Waals surface area (Å²) in [6.07, 6.45) is 7.49. The van der Waals surface area contributed by atoms with E-state index in [-0.39, 0.29) is 0 Å².